The second-order valence-electron chi connectivity index (χ2n) is 4.35. The van der Waals surface area contributed by atoms with E-state index in [1.54, 1.807) is 0 Å². The summed E-state index contributed by atoms with van der Waals surface area (Å²) in [7, 11) is -2.43. The Hall–Kier alpha value is -1.11. The third-order valence-corrected chi connectivity index (χ3v) is 4.17. The van der Waals surface area contributed by atoms with Crippen LogP contribution in [0.5, 0.6) is 0 Å². The van der Waals surface area contributed by atoms with Crippen molar-refractivity contribution >= 4 is 27.6 Å². The first-order valence-corrected chi connectivity index (χ1v) is 7.54. The van der Waals surface area contributed by atoms with E-state index in [0.717, 1.165) is 0 Å². The molecule has 0 fully saturated rings. The van der Waals surface area contributed by atoms with E-state index in [4.69, 9.17) is 16.3 Å². The summed E-state index contributed by atoms with van der Waals surface area (Å²) < 4.78 is 30.6. The van der Waals surface area contributed by atoms with Crippen molar-refractivity contribution in [3.05, 3.63) is 28.8 Å². The van der Waals surface area contributed by atoms with Crippen LogP contribution >= 0.6 is 11.6 Å². The maximum absolute atomic E-state index is 11.7. The number of ether oxygens (including phenoxy) is 1. The van der Waals surface area contributed by atoms with Crippen LogP contribution in [0.25, 0.3) is 0 Å². The van der Waals surface area contributed by atoms with Gasteiger partial charge in [0.1, 0.15) is 4.90 Å². The van der Waals surface area contributed by atoms with E-state index in [1.807, 2.05) is 13.8 Å². The zero-order valence-corrected chi connectivity index (χ0v) is 12.5. The summed E-state index contributed by atoms with van der Waals surface area (Å²) in [4.78, 5) is 11.6. The molecule has 7 heteroatoms. The van der Waals surface area contributed by atoms with E-state index in [1.165, 1.54) is 25.2 Å². The van der Waals surface area contributed by atoms with Crippen LogP contribution < -0.4 is 4.72 Å². The number of sulfonamides is 1. The Bertz CT molecular complexity index is 569. The second-order valence-corrected chi connectivity index (χ2v) is 6.61. The monoisotopic (exact) mass is 305 g/mol. The van der Waals surface area contributed by atoms with Gasteiger partial charge >= 0.3 is 5.97 Å². The van der Waals surface area contributed by atoms with Gasteiger partial charge in [0, 0.05) is 0 Å². The van der Waals surface area contributed by atoms with Crippen molar-refractivity contribution in [3.63, 3.8) is 0 Å². The minimum Gasteiger partial charge on any atom is -0.462 e. The summed E-state index contributed by atoms with van der Waals surface area (Å²) in [6.45, 7) is 4.09. The number of rotatable bonds is 5. The average Bonchev–Trinajstić information content (AvgIpc) is 2.36. The Morgan fingerprint density at radius 3 is 2.58 bits per heavy atom. The van der Waals surface area contributed by atoms with Crippen LogP contribution in [-0.2, 0) is 14.8 Å². The number of esters is 1. The Balaban J connectivity index is 3.06. The molecule has 0 spiro atoms. The Labute approximate surface area is 118 Å². The predicted octanol–water partition coefficient (Wildman–Crippen LogP) is 2.06. The lowest BCUT2D eigenvalue weighted by Crippen LogP contribution is -2.20. The Morgan fingerprint density at radius 1 is 1.42 bits per heavy atom. The topological polar surface area (TPSA) is 72.5 Å². The Morgan fingerprint density at radius 2 is 2.05 bits per heavy atom. The molecule has 0 aromatic heterocycles. The maximum atomic E-state index is 11.7. The first kappa shape index (κ1) is 15.9. The van der Waals surface area contributed by atoms with Crippen molar-refractivity contribution < 1.29 is 17.9 Å². The molecule has 0 amide bonds. The molecule has 0 radical (unpaired) electrons. The summed E-state index contributed by atoms with van der Waals surface area (Å²) in [5.74, 6) is -0.366. The molecule has 106 valence electrons. The molecule has 0 saturated carbocycles. The number of hydrogen-bond donors (Lipinski definition) is 1. The summed E-state index contributed by atoms with van der Waals surface area (Å²) in [5, 5.41) is 0.0507. The highest BCUT2D eigenvalue weighted by atomic mass is 35.5. The highest BCUT2D eigenvalue weighted by Crippen LogP contribution is 2.22. The average molecular weight is 306 g/mol. The van der Waals surface area contributed by atoms with Crippen molar-refractivity contribution in [1.82, 2.24) is 4.72 Å². The molecule has 5 nitrogen and oxygen atoms in total. The van der Waals surface area contributed by atoms with E-state index in [-0.39, 0.29) is 28.0 Å². The van der Waals surface area contributed by atoms with Crippen LogP contribution in [0.3, 0.4) is 0 Å². The fraction of sp³-hybridized carbons (Fsp3) is 0.417. The zero-order valence-electron chi connectivity index (χ0n) is 10.9. The molecule has 0 bridgehead atoms. The molecule has 19 heavy (non-hydrogen) atoms. The first-order chi connectivity index (χ1) is 8.77. The minimum absolute atomic E-state index is 0.0507. The van der Waals surface area contributed by atoms with Gasteiger partial charge in [-0.25, -0.2) is 17.9 Å². The van der Waals surface area contributed by atoms with Gasteiger partial charge in [0.15, 0.2) is 0 Å². The Kier molecular flexibility index (Phi) is 5.34. The lowest BCUT2D eigenvalue weighted by Gasteiger charge is -2.09. The SMILES string of the molecule is CNS(=O)(=O)c1cc(C(=O)OCC(C)C)ccc1Cl. The lowest BCUT2D eigenvalue weighted by atomic mass is 10.2. The van der Waals surface area contributed by atoms with Gasteiger partial charge in [-0.3, -0.25) is 0 Å². The van der Waals surface area contributed by atoms with E-state index in [2.05, 4.69) is 4.72 Å². The van der Waals surface area contributed by atoms with Crippen LogP contribution in [-0.4, -0.2) is 28.0 Å². The third-order valence-electron chi connectivity index (χ3n) is 2.27. The number of hydrogen-bond acceptors (Lipinski definition) is 4. The molecule has 1 aromatic carbocycles. The molecule has 0 aliphatic rings. The van der Waals surface area contributed by atoms with Crippen LogP contribution in [0, 0.1) is 5.92 Å². The van der Waals surface area contributed by atoms with Gasteiger partial charge in [-0.1, -0.05) is 25.4 Å². The van der Waals surface area contributed by atoms with Gasteiger partial charge in [-0.15, -0.1) is 0 Å². The molecule has 1 aromatic rings. The van der Waals surface area contributed by atoms with E-state index in [9.17, 15) is 13.2 Å². The quantitative estimate of drug-likeness (QED) is 0.845. The van der Waals surface area contributed by atoms with Crippen LogP contribution in [0.4, 0.5) is 0 Å². The number of carbonyl (C=O) groups is 1. The highest BCUT2D eigenvalue weighted by molar-refractivity contribution is 7.89. The number of halogens is 1. The molecule has 0 atom stereocenters. The van der Waals surface area contributed by atoms with E-state index < -0.39 is 16.0 Å². The van der Waals surface area contributed by atoms with Crippen LogP contribution in [0.15, 0.2) is 23.1 Å². The second kappa shape index (κ2) is 6.36. The molecular weight excluding hydrogens is 290 g/mol. The van der Waals surface area contributed by atoms with Crippen molar-refractivity contribution in [2.45, 2.75) is 18.7 Å². The number of benzene rings is 1. The largest absolute Gasteiger partial charge is 0.462 e. The van der Waals surface area contributed by atoms with Gasteiger partial charge in [-0.2, -0.15) is 0 Å². The number of carbonyl (C=O) groups excluding carboxylic acids is 1. The third kappa shape index (κ3) is 4.19. The first-order valence-electron chi connectivity index (χ1n) is 5.68. The molecule has 0 aliphatic heterocycles. The van der Waals surface area contributed by atoms with Gasteiger partial charge in [-0.05, 0) is 31.2 Å². The fourth-order valence-electron chi connectivity index (χ4n) is 1.27. The van der Waals surface area contributed by atoms with Gasteiger partial charge in [0.05, 0.1) is 17.2 Å². The molecule has 0 heterocycles. The fourth-order valence-corrected chi connectivity index (χ4v) is 2.52. The maximum Gasteiger partial charge on any atom is 0.338 e. The molecule has 0 aliphatic carbocycles. The van der Waals surface area contributed by atoms with Gasteiger partial charge in [0.2, 0.25) is 10.0 Å². The summed E-state index contributed by atoms with van der Waals surface area (Å²) >= 11 is 5.82. The van der Waals surface area contributed by atoms with Gasteiger partial charge < -0.3 is 4.74 Å². The summed E-state index contributed by atoms with van der Waals surface area (Å²) in [6.07, 6.45) is 0. The van der Waals surface area contributed by atoms with Crippen LogP contribution in [0.2, 0.25) is 5.02 Å². The smallest absolute Gasteiger partial charge is 0.338 e. The van der Waals surface area contributed by atoms with Crippen molar-refractivity contribution in [1.29, 1.82) is 0 Å². The predicted molar refractivity (Wildman–Crippen MR) is 72.8 cm³/mol. The molecule has 0 saturated heterocycles. The highest BCUT2D eigenvalue weighted by Gasteiger charge is 2.19. The molecule has 0 unspecified atom stereocenters. The summed E-state index contributed by atoms with van der Waals surface area (Å²) in [6, 6.07) is 3.99. The van der Waals surface area contributed by atoms with Crippen molar-refractivity contribution in [2.75, 3.05) is 13.7 Å². The van der Waals surface area contributed by atoms with Crippen molar-refractivity contribution in [2.24, 2.45) is 5.92 Å². The van der Waals surface area contributed by atoms with E-state index >= 15 is 0 Å². The number of nitrogens with one attached hydrogen (secondary N) is 1. The minimum atomic E-state index is -3.71. The van der Waals surface area contributed by atoms with Crippen LogP contribution in [0.1, 0.15) is 24.2 Å². The standard InChI is InChI=1S/C12H16ClNO4S/c1-8(2)7-18-12(15)9-4-5-10(13)11(6-9)19(16,17)14-3/h4-6,8,14H,7H2,1-3H3. The lowest BCUT2D eigenvalue weighted by molar-refractivity contribution is 0.0458. The molecule has 1 N–H and O–H groups in total. The normalized spacial score (nSPS) is 11.6. The van der Waals surface area contributed by atoms with E-state index in [0.29, 0.717) is 0 Å². The summed E-state index contributed by atoms with van der Waals surface area (Å²) in [5.41, 5.74) is 0.152. The molecular formula is C12H16ClNO4S. The van der Waals surface area contributed by atoms with Crippen molar-refractivity contribution in [3.8, 4) is 0 Å². The van der Waals surface area contributed by atoms with Gasteiger partial charge in [0.25, 0.3) is 0 Å². The zero-order chi connectivity index (χ0) is 14.6. The molecule has 1 rings (SSSR count).